The van der Waals surface area contributed by atoms with Crippen LogP contribution in [-0.4, -0.2) is 72.4 Å². The van der Waals surface area contributed by atoms with E-state index >= 15 is 8.78 Å². The van der Waals surface area contributed by atoms with Crippen LogP contribution in [0.15, 0.2) is 36.4 Å². The van der Waals surface area contributed by atoms with Gasteiger partial charge in [-0.05, 0) is 57.4 Å². The topological polar surface area (TPSA) is 25.5 Å². The number of aromatic nitrogens is 1. The fraction of sp³-hybridized carbons (Fsp3) is 0.517. The van der Waals surface area contributed by atoms with Crippen molar-refractivity contribution in [2.24, 2.45) is 0 Å². The number of nitrogens with one attached hydrogen (secondary N) is 1. The van der Waals surface area contributed by atoms with Gasteiger partial charge >= 0.3 is 0 Å². The monoisotopic (exact) mass is 516 g/mol. The highest BCUT2D eigenvalue weighted by Gasteiger charge is 2.41. The van der Waals surface area contributed by atoms with Gasteiger partial charge in [-0.1, -0.05) is 18.2 Å². The normalized spacial score (nSPS) is 21.3. The van der Waals surface area contributed by atoms with Crippen LogP contribution in [0.3, 0.4) is 0 Å². The van der Waals surface area contributed by atoms with E-state index in [9.17, 15) is 8.78 Å². The van der Waals surface area contributed by atoms with Crippen molar-refractivity contribution in [3.63, 3.8) is 0 Å². The van der Waals surface area contributed by atoms with E-state index in [0.29, 0.717) is 25.1 Å². The van der Waals surface area contributed by atoms with Gasteiger partial charge in [-0.25, -0.2) is 13.2 Å². The molecular weight excluding hydrogens is 480 g/mol. The summed E-state index contributed by atoms with van der Waals surface area (Å²) in [4.78, 5) is 9.33. The van der Waals surface area contributed by atoms with Crippen molar-refractivity contribution in [1.82, 2.24) is 14.8 Å². The molecule has 0 spiro atoms. The summed E-state index contributed by atoms with van der Waals surface area (Å²) in [6.45, 7) is 6.85. The first-order chi connectivity index (χ1) is 17.6. The highest BCUT2D eigenvalue weighted by molar-refractivity contribution is 5.85. The number of H-pyrrole nitrogens is 1. The van der Waals surface area contributed by atoms with Gasteiger partial charge in [-0.2, -0.15) is 0 Å². The Hall–Kier alpha value is -2.58. The average molecular weight is 517 g/mol. The minimum absolute atomic E-state index is 0.0466. The van der Waals surface area contributed by atoms with Crippen molar-refractivity contribution in [3.05, 3.63) is 64.9 Å². The number of benzene rings is 2. The minimum atomic E-state index is -1.54. The van der Waals surface area contributed by atoms with Crippen LogP contribution in [0.25, 0.3) is 10.9 Å². The van der Waals surface area contributed by atoms with Crippen molar-refractivity contribution < 1.29 is 17.6 Å². The number of likely N-dealkylation sites (tertiary alicyclic amines) is 1. The lowest BCUT2D eigenvalue weighted by Crippen LogP contribution is -2.58. The van der Waals surface area contributed by atoms with Crippen molar-refractivity contribution in [3.8, 4) is 0 Å². The molecule has 0 unspecified atom stereocenters. The summed E-state index contributed by atoms with van der Waals surface area (Å²) in [6.07, 6.45) is 1.16. The number of likely N-dealkylation sites (N-methyl/N-ethyl adjacent to an activating group) is 1. The Labute approximate surface area is 216 Å². The Morgan fingerprint density at radius 2 is 1.78 bits per heavy atom. The molecule has 1 fully saturated rings. The summed E-state index contributed by atoms with van der Waals surface area (Å²) >= 11 is 0. The number of alkyl halides is 2. The van der Waals surface area contributed by atoms with Gasteiger partial charge in [0.25, 0.3) is 0 Å². The van der Waals surface area contributed by atoms with E-state index < -0.39 is 23.3 Å². The first-order valence-corrected chi connectivity index (χ1v) is 13.1. The molecule has 2 aliphatic rings. The molecule has 0 aliphatic carbocycles. The zero-order chi connectivity index (χ0) is 26.5. The van der Waals surface area contributed by atoms with E-state index in [1.54, 1.807) is 0 Å². The van der Waals surface area contributed by atoms with E-state index in [-0.39, 0.29) is 30.9 Å². The lowest BCUT2D eigenvalue weighted by atomic mass is 9.87. The summed E-state index contributed by atoms with van der Waals surface area (Å²) in [7, 11) is 1.83. The largest absolute Gasteiger partial charge is 0.369 e. The Morgan fingerprint density at radius 1 is 1.11 bits per heavy atom. The average Bonchev–Trinajstić information content (AvgIpc) is 3.16. The van der Waals surface area contributed by atoms with Crippen LogP contribution in [-0.2, 0) is 6.42 Å². The van der Waals surface area contributed by atoms with Crippen LogP contribution in [0.2, 0.25) is 0 Å². The van der Waals surface area contributed by atoms with E-state index in [4.69, 9.17) is 0 Å². The molecule has 37 heavy (non-hydrogen) atoms. The molecule has 2 aliphatic heterocycles. The zero-order valence-electron chi connectivity index (χ0n) is 22.0. The second-order valence-electron chi connectivity index (χ2n) is 11.3. The van der Waals surface area contributed by atoms with Gasteiger partial charge in [0.15, 0.2) is 0 Å². The minimum Gasteiger partial charge on any atom is -0.369 e. The summed E-state index contributed by atoms with van der Waals surface area (Å²) in [5.74, 6) is -1.28. The molecule has 2 atom stereocenters. The smallest absolute Gasteiger partial charge is 0.133 e. The summed E-state index contributed by atoms with van der Waals surface area (Å²) in [5, 5.41) is 1.04. The molecular formula is C29H36F4N4. The summed E-state index contributed by atoms with van der Waals surface area (Å²) in [5.41, 5.74) is 1.53. The highest BCUT2D eigenvalue weighted by Crippen LogP contribution is 2.44. The second kappa shape index (κ2) is 9.95. The predicted octanol–water partition coefficient (Wildman–Crippen LogP) is 6.01. The maximum atomic E-state index is 15.9. The van der Waals surface area contributed by atoms with Gasteiger partial charge in [0.1, 0.15) is 17.3 Å². The Bertz CT molecular complexity index is 1240. The molecule has 3 aromatic rings. The SMILES string of the molecule is C[C@@H]1Cc2c([nH]c3ccccc23)[C@@H](c2c(F)cc(N(C)C3CN(CCCF)C3)cc2F)N1CC(C)(C)F. The summed E-state index contributed by atoms with van der Waals surface area (Å²) < 4.78 is 59.3. The lowest BCUT2D eigenvalue weighted by molar-refractivity contribution is 0.0643. The van der Waals surface area contributed by atoms with Gasteiger partial charge in [0.2, 0.25) is 0 Å². The van der Waals surface area contributed by atoms with Gasteiger partial charge in [0.05, 0.1) is 18.8 Å². The molecule has 8 heteroatoms. The highest BCUT2D eigenvalue weighted by atomic mass is 19.1. The van der Waals surface area contributed by atoms with Crippen LogP contribution in [0, 0.1) is 11.6 Å². The number of hydrogen-bond acceptors (Lipinski definition) is 3. The molecule has 0 radical (unpaired) electrons. The standard InChI is InChI=1S/C29H36F4N4/c1-18-12-22-21-8-5-6-9-25(21)34-27(22)28(37(18)17-29(2,3)33)26-23(31)13-19(14-24(26)32)35(4)20-15-36(16-20)11-7-10-30/h5-6,8-9,13-14,18,20,28,34H,7,10-12,15-17H2,1-4H3/t18-,28-/m1/s1. The third-order valence-corrected chi connectivity index (χ3v) is 7.91. The quantitative estimate of drug-likeness (QED) is 0.371. The van der Waals surface area contributed by atoms with Crippen LogP contribution in [0.4, 0.5) is 23.2 Å². The maximum Gasteiger partial charge on any atom is 0.133 e. The fourth-order valence-electron chi connectivity index (χ4n) is 6.00. The molecule has 4 nitrogen and oxygen atoms in total. The zero-order valence-corrected chi connectivity index (χ0v) is 22.0. The molecule has 1 aromatic heterocycles. The van der Waals surface area contributed by atoms with Crippen molar-refractivity contribution in [1.29, 1.82) is 0 Å². The number of aromatic amines is 1. The number of anilines is 1. The first kappa shape index (κ1) is 26.0. The second-order valence-corrected chi connectivity index (χ2v) is 11.3. The number of nitrogens with zero attached hydrogens (tertiary/aromatic N) is 3. The number of halogens is 4. The van der Waals surface area contributed by atoms with Crippen LogP contribution < -0.4 is 4.90 Å². The summed E-state index contributed by atoms with van der Waals surface area (Å²) in [6, 6.07) is 9.87. The molecule has 3 heterocycles. The molecule has 200 valence electrons. The predicted molar refractivity (Wildman–Crippen MR) is 141 cm³/mol. The van der Waals surface area contributed by atoms with E-state index in [2.05, 4.69) is 9.88 Å². The van der Waals surface area contributed by atoms with Gasteiger partial charge in [-0.15, -0.1) is 0 Å². The Kier molecular flexibility index (Phi) is 7.00. The van der Waals surface area contributed by atoms with Gasteiger partial charge < -0.3 is 9.88 Å². The van der Waals surface area contributed by atoms with Crippen molar-refractivity contribution in [2.75, 3.05) is 44.8 Å². The number of rotatable bonds is 8. The molecule has 0 saturated carbocycles. The van der Waals surface area contributed by atoms with Crippen LogP contribution >= 0.6 is 0 Å². The molecule has 2 aromatic carbocycles. The number of fused-ring (bicyclic) bond motifs is 3. The molecule has 1 saturated heterocycles. The molecule has 0 amide bonds. The van der Waals surface area contributed by atoms with E-state index in [0.717, 1.165) is 35.2 Å². The Morgan fingerprint density at radius 3 is 2.43 bits per heavy atom. The van der Waals surface area contributed by atoms with Gasteiger partial charge in [-0.3, -0.25) is 14.2 Å². The Balaban J connectivity index is 1.52. The fourth-order valence-corrected chi connectivity index (χ4v) is 6.00. The first-order valence-electron chi connectivity index (χ1n) is 13.1. The number of hydrogen-bond donors (Lipinski definition) is 1. The molecule has 1 N–H and O–H groups in total. The van der Waals surface area contributed by atoms with Crippen molar-refractivity contribution in [2.45, 2.75) is 57.4 Å². The molecule has 0 bridgehead atoms. The number of para-hydroxylation sites is 1. The maximum absolute atomic E-state index is 15.9. The third kappa shape index (κ3) is 4.98. The third-order valence-electron chi connectivity index (χ3n) is 7.91. The van der Waals surface area contributed by atoms with E-state index in [1.165, 1.54) is 26.0 Å². The van der Waals surface area contributed by atoms with Gasteiger partial charge in [0, 0.05) is 67.1 Å². The van der Waals surface area contributed by atoms with Crippen LogP contribution in [0.1, 0.15) is 50.1 Å². The lowest BCUT2D eigenvalue weighted by Gasteiger charge is -2.45. The van der Waals surface area contributed by atoms with Crippen LogP contribution in [0.5, 0.6) is 0 Å². The van der Waals surface area contributed by atoms with Crippen molar-refractivity contribution >= 4 is 16.6 Å². The molecule has 5 rings (SSSR count). The van der Waals surface area contributed by atoms with E-state index in [1.807, 2.05) is 48.0 Å².